The van der Waals surface area contributed by atoms with E-state index in [9.17, 15) is 0 Å². The number of nitrogens with zero attached hydrogens (tertiary/aromatic N) is 2. The van der Waals surface area contributed by atoms with Crippen LogP contribution in [0.5, 0.6) is 0 Å². The summed E-state index contributed by atoms with van der Waals surface area (Å²) in [5, 5.41) is 0. The summed E-state index contributed by atoms with van der Waals surface area (Å²) >= 11 is 0.750. The van der Waals surface area contributed by atoms with E-state index in [2.05, 4.69) is 0 Å². The Morgan fingerprint density at radius 2 is 0.800 bits per heavy atom. The van der Waals surface area contributed by atoms with Crippen LogP contribution in [0, 0.1) is 0 Å². The summed E-state index contributed by atoms with van der Waals surface area (Å²) in [5.41, 5.74) is 0. The molecule has 0 amide bonds. The average Bonchev–Trinajstić information content (AvgIpc) is 1.50. The van der Waals surface area contributed by atoms with Crippen LogP contribution in [0.3, 0.4) is 0 Å². The fourth-order valence-corrected chi connectivity index (χ4v) is 0. The van der Waals surface area contributed by atoms with Crippen molar-refractivity contribution in [2.24, 2.45) is 0 Å². The van der Waals surface area contributed by atoms with Gasteiger partial charge in [0, 0.05) is 0 Å². The van der Waals surface area contributed by atoms with Gasteiger partial charge in [0.1, 0.15) is 0 Å². The van der Waals surface area contributed by atoms with Crippen LogP contribution < -0.4 is 0 Å². The molecule has 0 fully saturated rings. The molecule has 0 spiro atoms. The third kappa shape index (κ3) is 30.5. The zero-order chi connectivity index (χ0) is 4.00. The Balaban J connectivity index is -0.0000000133. The van der Waals surface area contributed by atoms with Gasteiger partial charge in [-0.1, -0.05) is 0 Å². The monoisotopic (exact) mass is 220 g/mol. The van der Waals surface area contributed by atoms with Gasteiger partial charge in [-0.2, -0.15) is 0 Å². The first-order valence-electron chi connectivity index (χ1n) is 0.632. The van der Waals surface area contributed by atoms with E-state index in [4.69, 9.17) is 8.20 Å². The molecule has 5 heteroatoms. The van der Waals surface area contributed by atoms with Crippen LogP contribution >= 0.6 is 0 Å². The zero-order valence-corrected chi connectivity index (χ0v) is 11.9. The third-order valence-corrected chi connectivity index (χ3v) is 0. The van der Waals surface area contributed by atoms with Crippen molar-refractivity contribution in [1.82, 2.24) is 0 Å². The van der Waals surface area contributed by atoms with Gasteiger partial charge in [-0.25, -0.2) is 0 Å². The molecule has 0 saturated carbocycles. The maximum Gasteiger partial charge on any atom is 2.00 e. The van der Waals surface area contributed by atoms with Gasteiger partial charge in [-0.3, -0.25) is 0 Å². The van der Waals surface area contributed by atoms with Crippen molar-refractivity contribution < 1.29 is 55.7 Å². The van der Waals surface area contributed by atoms with Gasteiger partial charge < -0.3 is 0 Å². The standard InChI is InChI=1S/2N.3Zn/q2*-1;;;+2. The van der Waals surface area contributed by atoms with E-state index < -0.39 is 0 Å². The molecular formula is N2Zn3. The normalized spacial score (nSPS) is 2.40. The predicted octanol–water partition coefficient (Wildman–Crippen LogP) is 0.570. The molecule has 0 aliphatic carbocycles. The molecule has 0 N–H and O–H groups in total. The van der Waals surface area contributed by atoms with Crippen LogP contribution in [0.2, 0.25) is 0 Å². The van der Waals surface area contributed by atoms with Crippen LogP contribution in [-0.2, 0) is 55.7 Å². The Morgan fingerprint density at radius 1 is 0.800 bits per heavy atom. The Bertz CT molecular complexity index is 6.85. The smallest absolute Gasteiger partial charge is 2.00 e. The van der Waals surface area contributed by atoms with Crippen molar-refractivity contribution >= 4 is 0 Å². The first-order valence-corrected chi connectivity index (χ1v) is 3.29. The average molecular weight is 224 g/mol. The summed E-state index contributed by atoms with van der Waals surface area (Å²) in [5.74, 6) is 0. The molecule has 2 nitrogen and oxygen atoms in total. The quantitative estimate of drug-likeness (QED) is 0.540. The van der Waals surface area contributed by atoms with E-state index in [1.165, 1.54) is 0 Å². The maximum absolute atomic E-state index is 7.12. The Kier molecular flexibility index (Phi) is 163. The van der Waals surface area contributed by atoms with Gasteiger partial charge in [0.15, 0.2) is 0 Å². The van der Waals surface area contributed by atoms with E-state index in [1.807, 2.05) is 0 Å². The van der Waals surface area contributed by atoms with Crippen molar-refractivity contribution in [1.29, 1.82) is 0 Å². The number of hydrogen-bond acceptors (Lipinski definition) is 0. The summed E-state index contributed by atoms with van der Waals surface area (Å²) in [7, 11) is 0. The van der Waals surface area contributed by atoms with Gasteiger partial charge >= 0.3 is 63.9 Å². The second kappa shape index (κ2) is 50.6. The van der Waals surface area contributed by atoms with Crippen LogP contribution in [0.25, 0.3) is 8.20 Å². The van der Waals surface area contributed by atoms with Crippen LogP contribution in [-0.4, -0.2) is 0 Å². The summed E-state index contributed by atoms with van der Waals surface area (Å²) in [6.45, 7) is 0. The fraction of sp³-hybridized carbons (Fsp3) is 0. The molecule has 0 aromatic carbocycles. The topological polar surface area (TPSA) is 44.6 Å². The maximum atomic E-state index is 7.12. The van der Waals surface area contributed by atoms with Crippen molar-refractivity contribution in [3.05, 3.63) is 8.20 Å². The first-order chi connectivity index (χ1) is 2.00. The van der Waals surface area contributed by atoms with Crippen molar-refractivity contribution in [2.75, 3.05) is 0 Å². The minimum absolute atomic E-state index is 0. The number of hydrogen-bond donors (Lipinski definition) is 0. The molecule has 16 valence electrons. The van der Waals surface area contributed by atoms with E-state index in [0.717, 1.165) is 0 Å². The molecule has 0 radical (unpaired) electrons. The third-order valence-electron chi connectivity index (χ3n) is 0. The summed E-state index contributed by atoms with van der Waals surface area (Å²) in [6.07, 6.45) is 0. The molecule has 0 aliphatic rings. The number of rotatable bonds is 0. The molecule has 0 bridgehead atoms. The minimum Gasteiger partial charge on any atom is 2.00 e. The molecule has 0 aliphatic heterocycles. The van der Waals surface area contributed by atoms with Crippen molar-refractivity contribution in [3.8, 4) is 0 Å². The molecule has 0 rings (SSSR count). The molecule has 0 aromatic rings. The Morgan fingerprint density at radius 3 is 0.800 bits per heavy atom. The van der Waals surface area contributed by atoms with Gasteiger partial charge in [0.25, 0.3) is 0 Å². The SMILES string of the molecule is [N-]=[Zn].[N-]=[Zn].[Zn+2]. The second-order valence-electron chi connectivity index (χ2n) is 0. The Labute approximate surface area is 63.5 Å². The zero-order valence-electron chi connectivity index (χ0n) is 3.02. The Hall–Kier alpha value is 1.47. The van der Waals surface area contributed by atoms with Crippen molar-refractivity contribution in [3.63, 3.8) is 0 Å². The molecule has 0 saturated heterocycles. The second-order valence-corrected chi connectivity index (χ2v) is 0. The van der Waals surface area contributed by atoms with E-state index in [1.54, 1.807) is 0 Å². The fourth-order valence-electron chi connectivity index (χ4n) is 0. The molecule has 0 heterocycles. The molecule has 0 aromatic heterocycles. The van der Waals surface area contributed by atoms with Gasteiger partial charge in [-0.05, 0) is 0 Å². The molecular weight excluding hydrogens is 224 g/mol. The van der Waals surface area contributed by atoms with E-state index in [-0.39, 0.29) is 19.5 Å². The predicted molar refractivity (Wildman–Crippen MR) is 6.72 cm³/mol. The van der Waals surface area contributed by atoms with E-state index in [0.29, 0.717) is 36.2 Å². The van der Waals surface area contributed by atoms with Crippen LogP contribution in [0.1, 0.15) is 0 Å². The largest absolute Gasteiger partial charge is 2.00 e. The summed E-state index contributed by atoms with van der Waals surface area (Å²) in [6, 6.07) is 0. The van der Waals surface area contributed by atoms with E-state index >= 15 is 0 Å². The van der Waals surface area contributed by atoms with Gasteiger partial charge in [-0.15, -0.1) is 0 Å². The van der Waals surface area contributed by atoms with Crippen LogP contribution in [0.4, 0.5) is 0 Å². The first kappa shape index (κ1) is 16.1. The molecule has 0 atom stereocenters. The summed E-state index contributed by atoms with van der Waals surface area (Å²) in [4.78, 5) is 0. The molecule has 5 heavy (non-hydrogen) atoms. The van der Waals surface area contributed by atoms with Crippen molar-refractivity contribution in [2.45, 2.75) is 0 Å². The summed E-state index contributed by atoms with van der Waals surface area (Å²) < 4.78 is 14.2. The minimum atomic E-state index is 0. The van der Waals surface area contributed by atoms with Gasteiger partial charge in [0.2, 0.25) is 0 Å². The van der Waals surface area contributed by atoms with Gasteiger partial charge in [0.05, 0.1) is 0 Å². The van der Waals surface area contributed by atoms with Crippen LogP contribution in [0.15, 0.2) is 0 Å². The molecule has 0 unspecified atom stereocenters.